The molecule has 0 aliphatic heterocycles. The van der Waals surface area contributed by atoms with Gasteiger partial charge in [0.05, 0.1) is 0 Å². The zero-order valence-corrected chi connectivity index (χ0v) is 10.5. The molecule has 0 saturated carbocycles. The molecule has 1 aromatic carbocycles. The Labute approximate surface area is 105 Å². The van der Waals surface area contributed by atoms with Crippen LogP contribution in [0.1, 0.15) is 28.7 Å². The predicted octanol–water partition coefficient (Wildman–Crippen LogP) is 3.35. The summed E-state index contributed by atoms with van der Waals surface area (Å²) in [5.41, 5.74) is 2.10. The number of aromatic nitrogens is 1. The highest BCUT2D eigenvalue weighted by Crippen LogP contribution is 2.13. The first kappa shape index (κ1) is 11.8. The molecule has 0 spiro atoms. The van der Waals surface area contributed by atoms with Crippen molar-refractivity contribution < 1.29 is 4.79 Å². The number of carbonyl (C=O) groups is 1. The zero-order chi connectivity index (χ0) is 12.1. The van der Waals surface area contributed by atoms with Crippen LogP contribution >= 0.6 is 11.3 Å². The number of rotatable bonds is 4. The lowest BCUT2D eigenvalue weighted by Gasteiger charge is -2.04. The van der Waals surface area contributed by atoms with Crippen molar-refractivity contribution in [1.29, 1.82) is 0 Å². The van der Waals surface area contributed by atoms with Crippen LogP contribution in [-0.2, 0) is 6.42 Å². The van der Waals surface area contributed by atoms with Gasteiger partial charge in [-0.1, -0.05) is 25.5 Å². The Hall–Kier alpha value is -1.68. The number of hydrogen-bond donors (Lipinski definition) is 1. The van der Waals surface area contributed by atoms with Crippen LogP contribution in [0.4, 0.5) is 5.69 Å². The monoisotopic (exact) mass is 246 g/mol. The van der Waals surface area contributed by atoms with Crippen molar-refractivity contribution in [3.05, 3.63) is 46.4 Å². The molecule has 3 nitrogen and oxygen atoms in total. The lowest BCUT2D eigenvalue weighted by Crippen LogP contribution is -2.11. The van der Waals surface area contributed by atoms with Crippen LogP contribution in [0.5, 0.6) is 0 Å². The summed E-state index contributed by atoms with van der Waals surface area (Å²) in [4.78, 5) is 15.7. The van der Waals surface area contributed by atoms with Crippen molar-refractivity contribution in [2.45, 2.75) is 19.8 Å². The number of carbonyl (C=O) groups excluding carboxylic acids is 1. The van der Waals surface area contributed by atoms with E-state index in [0.29, 0.717) is 5.01 Å². The molecule has 1 N–H and O–H groups in total. The van der Waals surface area contributed by atoms with Gasteiger partial charge in [-0.3, -0.25) is 4.79 Å². The van der Waals surface area contributed by atoms with E-state index >= 15 is 0 Å². The average molecular weight is 246 g/mol. The average Bonchev–Trinajstić information content (AvgIpc) is 2.86. The summed E-state index contributed by atoms with van der Waals surface area (Å²) in [6.45, 7) is 2.15. The maximum atomic E-state index is 11.7. The number of nitrogens with one attached hydrogen (secondary N) is 1. The summed E-state index contributed by atoms with van der Waals surface area (Å²) in [6, 6.07) is 7.94. The van der Waals surface area contributed by atoms with E-state index in [2.05, 4.69) is 17.2 Å². The second kappa shape index (κ2) is 5.59. The van der Waals surface area contributed by atoms with Crippen LogP contribution in [0, 0.1) is 0 Å². The fraction of sp³-hybridized carbons (Fsp3) is 0.231. The molecule has 0 bridgehead atoms. The standard InChI is InChI=1S/C13H14N2OS/c1-2-3-10-4-6-11(7-5-10)15-12(16)13-14-8-9-17-13/h4-9H,2-3H2,1H3,(H,15,16). The zero-order valence-electron chi connectivity index (χ0n) is 9.64. The van der Waals surface area contributed by atoms with E-state index < -0.39 is 0 Å². The van der Waals surface area contributed by atoms with Gasteiger partial charge < -0.3 is 5.32 Å². The lowest BCUT2D eigenvalue weighted by molar-refractivity contribution is 0.102. The van der Waals surface area contributed by atoms with Crippen molar-refractivity contribution in [1.82, 2.24) is 4.98 Å². The van der Waals surface area contributed by atoms with Gasteiger partial charge in [-0.25, -0.2) is 4.98 Å². The second-order valence-corrected chi connectivity index (χ2v) is 4.63. The van der Waals surface area contributed by atoms with E-state index in [9.17, 15) is 4.79 Å². The minimum absolute atomic E-state index is 0.150. The van der Waals surface area contributed by atoms with Crippen molar-refractivity contribution in [2.24, 2.45) is 0 Å². The molecule has 17 heavy (non-hydrogen) atoms. The number of nitrogens with zero attached hydrogens (tertiary/aromatic N) is 1. The summed E-state index contributed by atoms with van der Waals surface area (Å²) in [5, 5.41) is 5.10. The van der Waals surface area contributed by atoms with Crippen molar-refractivity contribution in [2.75, 3.05) is 5.32 Å². The fourth-order valence-corrected chi connectivity index (χ4v) is 2.09. The molecule has 4 heteroatoms. The summed E-state index contributed by atoms with van der Waals surface area (Å²) in [5.74, 6) is -0.150. The van der Waals surface area contributed by atoms with Gasteiger partial charge in [-0.2, -0.15) is 0 Å². The lowest BCUT2D eigenvalue weighted by atomic mass is 10.1. The maximum absolute atomic E-state index is 11.7. The highest BCUT2D eigenvalue weighted by molar-refractivity contribution is 7.11. The van der Waals surface area contributed by atoms with Crippen molar-refractivity contribution >= 4 is 22.9 Å². The fourth-order valence-electron chi connectivity index (χ4n) is 1.56. The Morgan fingerprint density at radius 3 is 2.71 bits per heavy atom. The molecule has 0 atom stereocenters. The Morgan fingerprint density at radius 2 is 2.12 bits per heavy atom. The number of hydrogen-bond acceptors (Lipinski definition) is 3. The first-order valence-corrected chi connectivity index (χ1v) is 6.47. The van der Waals surface area contributed by atoms with Gasteiger partial charge in [0.1, 0.15) is 0 Å². The first-order chi connectivity index (χ1) is 8.29. The SMILES string of the molecule is CCCc1ccc(NC(=O)c2nccs2)cc1. The normalized spacial score (nSPS) is 10.2. The van der Waals surface area contributed by atoms with Gasteiger partial charge in [0.2, 0.25) is 0 Å². The van der Waals surface area contributed by atoms with Gasteiger partial charge in [0.15, 0.2) is 5.01 Å². The minimum atomic E-state index is -0.150. The molecular weight excluding hydrogens is 232 g/mol. The molecule has 1 amide bonds. The summed E-state index contributed by atoms with van der Waals surface area (Å²) >= 11 is 1.34. The van der Waals surface area contributed by atoms with E-state index in [0.717, 1.165) is 18.5 Å². The Morgan fingerprint density at radius 1 is 1.35 bits per heavy atom. The molecule has 0 saturated heterocycles. The van der Waals surface area contributed by atoms with Gasteiger partial charge in [0.25, 0.3) is 5.91 Å². The quantitative estimate of drug-likeness (QED) is 0.899. The van der Waals surface area contributed by atoms with Crippen molar-refractivity contribution in [3.8, 4) is 0 Å². The number of amides is 1. The largest absolute Gasteiger partial charge is 0.320 e. The third-order valence-corrected chi connectivity index (χ3v) is 3.15. The van der Waals surface area contributed by atoms with E-state index in [4.69, 9.17) is 0 Å². The van der Waals surface area contributed by atoms with Crippen molar-refractivity contribution in [3.63, 3.8) is 0 Å². The Balaban J connectivity index is 2.01. The highest BCUT2D eigenvalue weighted by Gasteiger charge is 2.07. The third kappa shape index (κ3) is 3.14. The Bertz CT molecular complexity index is 477. The van der Waals surface area contributed by atoms with E-state index in [1.165, 1.54) is 16.9 Å². The summed E-state index contributed by atoms with van der Waals surface area (Å²) < 4.78 is 0. The van der Waals surface area contributed by atoms with E-state index in [1.54, 1.807) is 11.6 Å². The van der Waals surface area contributed by atoms with Crippen LogP contribution in [0.15, 0.2) is 35.8 Å². The topological polar surface area (TPSA) is 42.0 Å². The minimum Gasteiger partial charge on any atom is -0.320 e. The van der Waals surface area contributed by atoms with Gasteiger partial charge in [-0.15, -0.1) is 11.3 Å². The number of thiazole rings is 1. The molecule has 1 heterocycles. The molecule has 1 aromatic heterocycles. The van der Waals surface area contributed by atoms with E-state index in [1.807, 2.05) is 24.3 Å². The first-order valence-electron chi connectivity index (χ1n) is 5.59. The molecular formula is C13H14N2OS. The molecule has 0 aliphatic rings. The molecule has 2 aromatic rings. The predicted molar refractivity (Wildman–Crippen MR) is 70.5 cm³/mol. The smallest absolute Gasteiger partial charge is 0.284 e. The summed E-state index contributed by atoms with van der Waals surface area (Å²) in [7, 11) is 0. The van der Waals surface area contributed by atoms with Gasteiger partial charge >= 0.3 is 0 Å². The van der Waals surface area contributed by atoms with Crippen LogP contribution < -0.4 is 5.32 Å². The molecule has 2 rings (SSSR count). The number of anilines is 1. The molecule has 0 fully saturated rings. The van der Waals surface area contributed by atoms with Crippen LogP contribution in [0.25, 0.3) is 0 Å². The number of aryl methyl sites for hydroxylation is 1. The third-order valence-electron chi connectivity index (χ3n) is 2.38. The molecule has 0 aliphatic carbocycles. The van der Waals surface area contributed by atoms with E-state index in [-0.39, 0.29) is 5.91 Å². The van der Waals surface area contributed by atoms with Crippen LogP contribution in [-0.4, -0.2) is 10.9 Å². The molecule has 88 valence electrons. The summed E-state index contributed by atoms with van der Waals surface area (Å²) in [6.07, 6.45) is 3.83. The van der Waals surface area contributed by atoms with Crippen LogP contribution in [0.3, 0.4) is 0 Å². The van der Waals surface area contributed by atoms with Crippen LogP contribution in [0.2, 0.25) is 0 Å². The Kier molecular flexibility index (Phi) is 3.88. The number of benzene rings is 1. The maximum Gasteiger partial charge on any atom is 0.284 e. The van der Waals surface area contributed by atoms with Gasteiger partial charge in [-0.05, 0) is 24.1 Å². The molecule has 0 radical (unpaired) electrons. The highest BCUT2D eigenvalue weighted by atomic mass is 32.1. The molecule has 0 unspecified atom stereocenters. The second-order valence-electron chi connectivity index (χ2n) is 3.74. The van der Waals surface area contributed by atoms with Gasteiger partial charge in [0, 0.05) is 17.3 Å².